The van der Waals surface area contributed by atoms with E-state index in [2.05, 4.69) is 21.6 Å². The molecule has 0 amide bonds. The first kappa shape index (κ1) is 13.3. The second-order valence-corrected chi connectivity index (χ2v) is 4.13. The lowest BCUT2D eigenvalue weighted by Gasteiger charge is -1.99. The minimum atomic E-state index is -0.519. The second kappa shape index (κ2) is 6.71. The fourth-order valence-electron chi connectivity index (χ4n) is 1.03. The molecule has 0 bridgehead atoms. The summed E-state index contributed by atoms with van der Waals surface area (Å²) in [5, 5.41) is 0.0127. The van der Waals surface area contributed by atoms with Gasteiger partial charge in [-0.25, -0.2) is 9.78 Å². The van der Waals surface area contributed by atoms with Crippen molar-refractivity contribution in [3.05, 3.63) is 29.6 Å². The van der Waals surface area contributed by atoms with Crippen LogP contribution in [0.5, 0.6) is 0 Å². The number of hydrogen-bond acceptors (Lipinski definition) is 5. The largest absolute Gasteiger partial charge is 0.464 e. The number of aromatic nitrogens is 1. The maximum absolute atomic E-state index is 11.4. The molecular formula is C12H11NO3S. The number of pyridine rings is 1. The summed E-state index contributed by atoms with van der Waals surface area (Å²) >= 11 is 1.12. The summed E-state index contributed by atoms with van der Waals surface area (Å²) in [7, 11) is 1.29. The lowest BCUT2D eigenvalue weighted by Crippen LogP contribution is -2.06. The summed E-state index contributed by atoms with van der Waals surface area (Å²) in [6, 6.07) is 3.37. The number of thioether (sulfide) groups is 1. The van der Waals surface area contributed by atoms with Crippen molar-refractivity contribution in [1.82, 2.24) is 4.98 Å². The monoisotopic (exact) mass is 249 g/mol. The van der Waals surface area contributed by atoms with Gasteiger partial charge in [-0.2, -0.15) is 0 Å². The zero-order chi connectivity index (χ0) is 12.7. The summed E-state index contributed by atoms with van der Waals surface area (Å²) in [5.74, 6) is 5.47. The molecule has 0 aromatic carbocycles. The molecular weight excluding hydrogens is 238 g/mol. The number of methoxy groups -OCH3 is 1. The molecule has 0 spiro atoms. The summed E-state index contributed by atoms with van der Waals surface area (Å²) in [5.41, 5.74) is 0.693. The highest BCUT2D eigenvalue weighted by Crippen LogP contribution is 2.05. The van der Waals surface area contributed by atoms with Gasteiger partial charge in [-0.3, -0.25) is 4.79 Å². The predicted octanol–water partition coefficient (Wildman–Crippen LogP) is 1.50. The van der Waals surface area contributed by atoms with Crippen LogP contribution >= 0.6 is 11.8 Å². The molecule has 0 aliphatic carbocycles. The lowest BCUT2D eigenvalue weighted by molar-refractivity contribution is -0.109. The van der Waals surface area contributed by atoms with E-state index in [4.69, 9.17) is 0 Å². The summed E-state index contributed by atoms with van der Waals surface area (Å²) in [6.07, 6.45) is 1.50. The van der Waals surface area contributed by atoms with E-state index in [1.165, 1.54) is 20.2 Å². The minimum Gasteiger partial charge on any atom is -0.464 e. The van der Waals surface area contributed by atoms with Crippen molar-refractivity contribution >= 4 is 22.8 Å². The number of ether oxygens (including phenoxy) is 1. The lowest BCUT2D eigenvalue weighted by atomic mass is 10.2. The first-order chi connectivity index (χ1) is 8.15. The van der Waals surface area contributed by atoms with Crippen LogP contribution in [-0.4, -0.2) is 28.9 Å². The Morgan fingerprint density at radius 3 is 2.94 bits per heavy atom. The van der Waals surface area contributed by atoms with E-state index in [1.807, 2.05) is 0 Å². The van der Waals surface area contributed by atoms with Crippen LogP contribution in [0.1, 0.15) is 23.0 Å². The fraction of sp³-hybridized carbons (Fsp3) is 0.250. The maximum atomic E-state index is 11.4. The summed E-state index contributed by atoms with van der Waals surface area (Å²) < 4.78 is 4.59. The molecule has 1 aromatic rings. The van der Waals surface area contributed by atoms with E-state index in [0.717, 1.165) is 11.8 Å². The van der Waals surface area contributed by atoms with Crippen LogP contribution in [0.3, 0.4) is 0 Å². The van der Waals surface area contributed by atoms with Crippen LogP contribution < -0.4 is 0 Å². The predicted molar refractivity (Wildman–Crippen MR) is 65.6 cm³/mol. The molecule has 1 rings (SSSR count). The fourth-order valence-corrected chi connectivity index (χ4v) is 1.38. The van der Waals surface area contributed by atoms with E-state index in [1.54, 1.807) is 12.1 Å². The van der Waals surface area contributed by atoms with Crippen molar-refractivity contribution in [3.63, 3.8) is 0 Å². The Kier molecular flexibility index (Phi) is 5.24. The van der Waals surface area contributed by atoms with Gasteiger partial charge in [0, 0.05) is 13.1 Å². The Hall–Kier alpha value is -1.80. The Bertz CT molecular complexity index is 488. The van der Waals surface area contributed by atoms with Crippen molar-refractivity contribution < 1.29 is 14.3 Å². The van der Waals surface area contributed by atoms with E-state index in [0.29, 0.717) is 11.3 Å². The standard InChI is InChI=1S/C12H11NO3S/c1-9(14)17-8-4-6-10-5-3-7-13-11(10)12(15)16-2/h3,5,7H,8H2,1-2H3. The topological polar surface area (TPSA) is 56.3 Å². The van der Waals surface area contributed by atoms with Crippen LogP contribution in [0.15, 0.2) is 18.3 Å². The van der Waals surface area contributed by atoms with Gasteiger partial charge in [-0.05, 0) is 12.1 Å². The number of carbonyl (C=O) groups excluding carboxylic acids is 2. The van der Waals surface area contributed by atoms with Gasteiger partial charge in [0.1, 0.15) is 0 Å². The molecule has 17 heavy (non-hydrogen) atoms. The smallest absolute Gasteiger partial charge is 0.357 e. The van der Waals surface area contributed by atoms with Crippen molar-refractivity contribution in [3.8, 4) is 11.8 Å². The molecule has 0 aliphatic rings. The molecule has 1 aromatic heterocycles. The van der Waals surface area contributed by atoms with E-state index in [-0.39, 0.29) is 10.8 Å². The average Bonchev–Trinajstić information content (AvgIpc) is 2.34. The van der Waals surface area contributed by atoms with Crippen molar-refractivity contribution in [2.75, 3.05) is 12.9 Å². The van der Waals surface area contributed by atoms with Gasteiger partial charge in [0.05, 0.1) is 18.4 Å². The van der Waals surface area contributed by atoms with E-state index in [9.17, 15) is 9.59 Å². The van der Waals surface area contributed by atoms with Crippen LogP contribution in [0.25, 0.3) is 0 Å². The molecule has 4 nitrogen and oxygen atoms in total. The number of hydrogen-bond donors (Lipinski definition) is 0. The normalized spacial score (nSPS) is 9.06. The van der Waals surface area contributed by atoms with E-state index >= 15 is 0 Å². The van der Waals surface area contributed by atoms with Gasteiger partial charge in [0.15, 0.2) is 10.8 Å². The van der Waals surface area contributed by atoms with Gasteiger partial charge in [0.2, 0.25) is 0 Å². The van der Waals surface area contributed by atoms with Crippen molar-refractivity contribution in [2.45, 2.75) is 6.92 Å². The van der Waals surface area contributed by atoms with E-state index < -0.39 is 5.97 Å². The molecule has 0 radical (unpaired) electrons. The van der Waals surface area contributed by atoms with Gasteiger partial charge in [0.25, 0.3) is 0 Å². The highest BCUT2D eigenvalue weighted by atomic mass is 32.2. The zero-order valence-corrected chi connectivity index (χ0v) is 10.3. The average molecular weight is 249 g/mol. The van der Waals surface area contributed by atoms with Gasteiger partial charge >= 0.3 is 5.97 Å². The van der Waals surface area contributed by atoms with Crippen LogP contribution in [0, 0.1) is 11.8 Å². The third-order valence-electron chi connectivity index (χ3n) is 1.76. The second-order valence-electron chi connectivity index (χ2n) is 2.97. The molecule has 0 N–H and O–H groups in total. The third kappa shape index (κ3) is 4.29. The highest BCUT2D eigenvalue weighted by molar-refractivity contribution is 8.13. The molecule has 1 heterocycles. The summed E-state index contributed by atoms with van der Waals surface area (Å²) in [6.45, 7) is 1.48. The Morgan fingerprint density at radius 2 is 2.29 bits per heavy atom. The molecule has 5 heteroatoms. The zero-order valence-electron chi connectivity index (χ0n) is 9.52. The number of nitrogens with zero attached hydrogens (tertiary/aromatic N) is 1. The first-order valence-electron chi connectivity index (χ1n) is 4.80. The number of rotatable bonds is 2. The Balaban J connectivity index is 2.83. The highest BCUT2D eigenvalue weighted by Gasteiger charge is 2.10. The molecule has 0 unspecified atom stereocenters. The Morgan fingerprint density at radius 1 is 1.53 bits per heavy atom. The van der Waals surface area contributed by atoms with Gasteiger partial charge in [-0.1, -0.05) is 23.6 Å². The van der Waals surface area contributed by atoms with Gasteiger partial charge in [-0.15, -0.1) is 0 Å². The van der Waals surface area contributed by atoms with Gasteiger partial charge < -0.3 is 4.74 Å². The number of carbonyl (C=O) groups is 2. The van der Waals surface area contributed by atoms with Crippen LogP contribution in [-0.2, 0) is 9.53 Å². The molecule has 0 fully saturated rings. The van der Waals surface area contributed by atoms with Crippen molar-refractivity contribution in [1.29, 1.82) is 0 Å². The molecule has 0 atom stereocenters. The van der Waals surface area contributed by atoms with Crippen LogP contribution in [0.2, 0.25) is 0 Å². The third-order valence-corrected chi connectivity index (χ3v) is 2.45. The van der Waals surface area contributed by atoms with Crippen molar-refractivity contribution in [2.24, 2.45) is 0 Å². The molecule has 88 valence electrons. The SMILES string of the molecule is COC(=O)c1ncccc1C#CCSC(C)=O. The molecule has 0 saturated heterocycles. The van der Waals surface area contributed by atoms with Crippen LogP contribution in [0.4, 0.5) is 0 Å². The Labute approximate surface area is 104 Å². The molecule has 0 saturated carbocycles. The molecule has 0 aliphatic heterocycles. The maximum Gasteiger partial charge on any atom is 0.357 e. The summed E-state index contributed by atoms with van der Waals surface area (Å²) in [4.78, 5) is 26.0. The number of esters is 1. The first-order valence-corrected chi connectivity index (χ1v) is 5.79. The quantitative estimate of drug-likeness (QED) is 0.587. The minimum absolute atomic E-state index is 0.0127.